The summed E-state index contributed by atoms with van der Waals surface area (Å²) < 4.78 is 27.5. The van der Waals surface area contributed by atoms with Crippen molar-refractivity contribution in [1.82, 2.24) is 4.72 Å². The van der Waals surface area contributed by atoms with Crippen LogP contribution in [0.2, 0.25) is 0 Å². The zero-order valence-electron chi connectivity index (χ0n) is 9.65. The van der Waals surface area contributed by atoms with E-state index in [-0.39, 0.29) is 15.8 Å². The molecule has 0 radical (unpaired) electrons. The van der Waals surface area contributed by atoms with Crippen LogP contribution in [-0.4, -0.2) is 19.3 Å². The number of halogens is 2. The zero-order valence-corrected chi connectivity index (χ0v) is 13.6. The van der Waals surface area contributed by atoms with Crippen LogP contribution in [0.15, 0.2) is 33.6 Å². The van der Waals surface area contributed by atoms with Crippen LogP contribution in [0.1, 0.15) is 20.3 Å². The Kier molecular flexibility index (Phi) is 5.63. The molecule has 0 fully saturated rings. The first-order valence-corrected chi connectivity index (χ1v) is 8.42. The SMILES string of the molecule is CC(Br)CC(C)NS(=O)(=O)c1cccc(Br)c1. The van der Waals surface area contributed by atoms with Gasteiger partial charge in [0.1, 0.15) is 0 Å². The van der Waals surface area contributed by atoms with Gasteiger partial charge in [0.25, 0.3) is 0 Å². The summed E-state index contributed by atoms with van der Waals surface area (Å²) in [5, 5.41) is 0. The molecule has 17 heavy (non-hydrogen) atoms. The molecule has 1 N–H and O–H groups in total. The molecule has 0 aliphatic heterocycles. The second-order valence-corrected chi connectivity index (χ2v) is 8.19. The van der Waals surface area contributed by atoms with Crippen LogP contribution in [0.4, 0.5) is 0 Å². The van der Waals surface area contributed by atoms with Crippen molar-refractivity contribution in [3.63, 3.8) is 0 Å². The maximum absolute atomic E-state index is 12.0. The number of sulfonamides is 1. The molecule has 1 aromatic carbocycles. The Labute approximate surface area is 119 Å². The van der Waals surface area contributed by atoms with Gasteiger partial charge in [0, 0.05) is 15.3 Å². The van der Waals surface area contributed by atoms with Gasteiger partial charge in [0.05, 0.1) is 4.90 Å². The molecule has 96 valence electrons. The first kappa shape index (κ1) is 15.1. The van der Waals surface area contributed by atoms with E-state index in [1.54, 1.807) is 24.3 Å². The topological polar surface area (TPSA) is 46.2 Å². The van der Waals surface area contributed by atoms with Crippen molar-refractivity contribution in [2.24, 2.45) is 0 Å². The maximum atomic E-state index is 12.0. The van der Waals surface area contributed by atoms with Crippen molar-refractivity contribution in [3.05, 3.63) is 28.7 Å². The van der Waals surface area contributed by atoms with Gasteiger partial charge in [0.15, 0.2) is 0 Å². The third-order valence-electron chi connectivity index (χ3n) is 2.14. The minimum Gasteiger partial charge on any atom is -0.208 e. The molecule has 0 amide bonds. The quantitative estimate of drug-likeness (QED) is 0.791. The van der Waals surface area contributed by atoms with E-state index in [4.69, 9.17) is 0 Å². The fraction of sp³-hybridized carbons (Fsp3) is 0.455. The Morgan fingerprint density at radius 2 is 2.00 bits per heavy atom. The van der Waals surface area contributed by atoms with Crippen LogP contribution in [0, 0.1) is 0 Å². The summed E-state index contributed by atoms with van der Waals surface area (Å²) in [5.41, 5.74) is 0. The fourth-order valence-electron chi connectivity index (χ4n) is 1.50. The lowest BCUT2D eigenvalue weighted by Gasteiger charge is -2.15. The van der Waals surface area contributed by atoms with Gasteiger partial charge in [-0.3, -0.25) is 0 Å². The lowest BCUT2D eigenvalue weighted by Crippen LogP contribution is -2.33. The van der Waals surface area contributed by atoms with Crippen LogP contribution in [0.5, 0.6) is 0 Å². The molecule has 0 spiro atoms. The summed E-state index contributed by atoms with van der Waals surface area (Å²) in [5.74, 6) is 0. The average Bonchev–Trinajstić information content (AvgIpc) is 2.15. The number of hydrogen-bond acceptors (Lipinski definition) is 2. The summed E-state index contributed by atoms with van der Waals surface area (Å²) in [4.78, 5) is 0.559. The van der Waals surface area contributed by atoms with E-state index in [1.807, 2.05) is 13.8 Å². The fourth-order valence-corrected chi connectivity index (χ4v) is 3.92. The first-order chi connectivity index (χ1) is 7.81. The normalized spacial score (nSPS) is 15.5. The summed E-state index contributed by atoms with van der Waals surface area (Å²) in [6, 6.07) is 6.57. The first-order valence-electron chi connectivity index (χ1n) is 5.23. The minimum atomic E-state index is -3.43. The second-order valence-electron chi connectivity index (χ2n) is 4.00. The highest BCUT2D eigenvalue weighted by Gasteiger charge is 2.18. The zero-order chi connectivity index (χ0) is 13.1. The maximum Gasteiger partial charge on any atom is 0.240 e. The molecule has 0 saturated carbocycles. The van der Waals surface area contributed by atoms with E-state index in [2.05, 4.69) is 36.6 Å². The van der Waals surface area contributed by atoms with Gasteiger partial charge in [-0.05, 0) is 31.5 Å². The third kappa shape index (κ3) is 5.07. The van der Waals surface area contributed by atoms with Crippen molar-refractivity contribution < 1.29 is 8.42 Å². The van der Waals surface area contributed by atoms with E-state index in [9.17, 15) is 8.42 Å². The highest BCUT2D eigenvalue weighted by Crippen LogP contribution is 2.17. The molecule has 0 bridgehead atoms. The van der Waals surface area contributed by atoms with Crippen molar-refractivity contribution in [2.75, 3.05) is 0 Å². The number of nitrogens with one attached hydrogen (secondary N) is 1. The van der Waals surface area contributed by atoms with Gasteiger partial charge in [-0.15, -0.1) is 0 Å². The smallest absolute Gasteiger partial charge is 0.208 e. The Hall–Kier alpha value is 0.0900. The van der Waals surface area contributed by atoms with Gasteiger partial charge in [-0.2, -0.15) is 0 Å². The van der Waals surface area contributed by atoms with Gasteiger partial charge in [0.2, 0.25) is 10.0 Å². The number of benzene rings is 1. The van der Waals surface area contributed by atoms with Crippen LogP contribution < -0.4 is 4.72 Å². The molecular formula is C11H15Br2NO2S. The minimum absolute atomic E-state index is 0.103. The molecule has 1 rings (SSSR count). The van der Waals surface area contributed by atoms with Gasteiger partial charge in [-0.1, -0.05) is 44.8 Å². The largest absolute Gasteiger partial charge is 0.240 e. The summed E-state index contributed by atoms with van der Waals surface area (Å²) >= 11 is 6.67. The predicted molar refractivity (Wildman–Crippen MR) is 76.9 cm³/mol. The number of rotatable bonds is 5. The molecule has 1 aromatic rings. The molecule has 0 aliphatic rings. The van der Waals surface area contributed by atoms with Crippen LogP contribution >= 0.6 is 31.9 Å². The molecule has 0 saturated heterocycles. The van der Waals surface area contributed by atoms with Crippen molar-refractivity contribution in [2.45, 2.75) is 36.0 Å². The summed E-state index contributed by atoms with van der Waals surface area (Å²) in [6.07, 6.45) is 0.743. The van der Waals surface area contributed by atoms with E-state index >= 15 is 0 Å². The molecular weight excluding hydrogens is 370 g/mol. The van der Waals surface area contributed by atoms with E-state index in [0.717, 1.165) is 10.9 Å². The Bertz CT molecular complexity index is 474. The lowest BCUT2D eigenvalue weighted by atomic mass is 10.2. The lowest BCUT2D eigenvalue weighted by molar-refractivity contribution is 0.548. The standard InChI is InChI=1S/C11H15Br2NO2S/c1-8(12)6-9(2)14-17(15,16)11-5-3-4-10(13)7-11/h3-5,7-9,14H,6H2,1-2H3. The van der Waals surface area contributed by atoms with Crippen molar-refractivity contribution in [1.29, 1.82) is 0 Å². The molecule has 2 atom stereocenters. The number of alkyl halides is 1. The molecule has 2 unspecified atom stereocenters. The molecule has 3 nitrogen and oxygen atoms in total. The van der Waals surface area contributed by atoms with Crippen LogP contribution in [0.25, 0.3) is 0 Å². The van der Waals surface area contributed by atoms with Crippen molar-refractivity contribution >= 4 is 41.9 Å². The van der Waals surface area contributed by atoms with Crippen LogP contribution in [-0.2, 0) is 10.0 Å². The van der Waals surface area contributed by atoms with Gasteiger partial charge < -0.3 is 0 Å². The second kappa shape index (κ2) is 6.31. The molecule has 0 aromatic heterocycles. The Morgan fingerprint density at radius 3 is 2.53 bits per heavy atom. The van der Waals surface area contributed by atoms with E-state index < -0.39 is 10.0 Å². The summed E-state index contributed by atoms with van der Waals surface area (Å²) in [6.45, 7) is 3.84. The van der Waals surface area contributed by atoms with Gasteiger partial charge in [-0.25, -0.2) is 13.1 Å². The molecule has 0 aliphatic carbocycles. The number of hydrogen-bond donors (Lipinski definition) is 1. The average molecular weight is 385 g/mol. The molecule has 0 heterocycles. The molecule has 6 heteroatoms. The Balaban J connectivity index is 2.82. The van der Waals surface area contributed by atoms with E-state index in [1.165, 1.54) is 0 Å². The highest BCUT2D eigenvalue weighted by atomic mass is 79.9. The monoisotopic (exact) mass is 383 g/mol. The summed E-state index contributed by atoms with van der Waals surface area (Å²) in [7, 11) is -3.43. The van der Waals surface area contributed by atoms with Crippen LogP contribution in [0.3, 0.4) is 0 Å². The van der Waals surface area contributed by atoms with Crippen molar-refractivity contribution in [3.8, 4) is 0 Å². The third-order valence-corrected chi connectivity index (χ3v) is 4.60. The van der Waals surface area contributed by atoms with E-state index in [0.29, 0.717) is 0 Å². The highest BCUT2D eigenvalue weighted by molar-refractivity contribution is 9.10. The Morgan fingerprint density at radius 1 is 1.35 bits per heavy atom. The predicted octanol–water partition coefficient (Wildman–Crippen LogP) is 3.29. The van der Waals surface area contributed by atoms with Gasteiger partial charge >= 0.3 is 0 Å².